The minimum Gasteiger partial charge on any atom is -0.481 e. The number of anilines is 1. The summed E-state index contributed by atoms with van der Waals surface area (Å²) < 4.78 is 5.89. The van der Waals surface area contributed by atoms with Gasteiger partial charge in [0.2, 0.25) is 0 Å². The van der Waals surface area contributed by atoms with E-state index >= 15 is 0 Å². The largest absolute Gasteiger partial charge is 0.481 e. The minimum atomic E-state index is -0.630. The lowest BCUT2D eigenvalue weighted by Gasteiger charge is -2.18. The van der Waals surface area contributed by atoms with Crippen LogP contribution < -0.4 is 15.8 Å². The van der Waals surface area contributed by atoms with Crippen LogP contribution in [0.2, 0.25) is 0 Å². The predicted octanol–water partition coefficient (Wildman–Crippen LogP) is 3.75. The predicted molar refractivity (Wildman–Crippen MR) is 104 cm³/mol. The van der Waals surface area contributed by atoms with Crippen molar-refractivity contribution in [2.75, 3.05) is 5.32 Å². The summed E-state index contributed by atoms with van der Waals surface area (Å²) in [5, 5.41) is 3.42. The van der Waals surface area contributed by atoms with E-state index in [1.807, 2.05) is 39.0 Å². The molecule has 0 fully saturated rings. The molecule has 0 saturated carbocycles. The second-order valence-electron chi connectivity index (χ2n) is 6.68. The van der Waals surface area contributed by atoms with E-state index in [1.54, 1.807) is 0 Å². The molecule has 3 rings (SSSR count). The third kappa shape index (κ3) is 3.60. The summed E-state index contributed by atoms with van der Waals surface area (Å²) in [6, 6.07) is 5.77. The number of benzene rings is 1. The highest BCUT2D eigenvalue weighted by Gasteiger charge is 2.28. The Morgan fingerprint density at radius 2 is 2.04 bits per heavy atom. The van der Waals surface area contributed by atoms with Crippen LogP contribution in [-0.4, -0.2) is 17.9 Å². The lowest BCUT2D eigenvalue weighted by atomic mass is 10.1. The molecule has 5 nitrogen and oxygen atoms in total. The number of fused-ring (bicyclic) bond motifs is 1. The van der Waals surface area contributed by atoms with Gasteiger partial charge in [-0.05, 0) is 68.4 Å². The third-order valence-electron chi connectivity index (χ3n) is 4.82. The van der Waals surface area contributed by atoms with Crippen LogP contribution in [0.1, 0.15) is 51.7 Å². The number of ether oxygens (including phenoxy) is 1. The zero-order chi connectivity index (χ0) is 18.8. The zero-order valence-electron chi connectivity index (χ0n) is 15.3. The molecule has 0 radical (unpaired) electrons. The van der Waals surface area contributed by atoms with Gasteiger partial charge in [0.1, 0.15) is 10.8 Å². The van der Waals surface area contributed by atoms with Crippen LogP contribution in [0.25, 0.3) is 0 Å². The van der Waals surface area contributed by atoms with Crippen molar-refractivity contribution in [2.45, 2.75) is 52.6 Å². The van der Waals surface area contributed by atoms with Gasteiger partial charge in [0, 0.05) is 4.88 Å². The maximum absolute atomic E-state index is 12.7. The minimum absolute atomic E-state index is 0.256. The molecule has 1 aliphatic carbocycles. The molecular weight excluding hydrogens is 348 g/mol. The number of rotatable bonds is 6. The molecule has 0 spiro atoms. The number of aryl methyl sites for hydroxylation is 3. The number of thiophene rings is 1. The highest BCUT2D eigenvalue weighted by atomic mass is 32.1. The monoisotopic (exact) mass is 372 g/mol. The van der Waals surface area contributed by atoms with E-state index in [-0.39, 0.29) is 5.91 Å². The molecule has 0 bridgehead atoms. The van der Waals surface area contributed by atoms with Crippen LogP contribution >= 0.6 is 11.3 Å². The van der Waals surface area contributed by atoms with E-state index in [9.17, 15) is 9.59 Å². The normalized spacial score (nSPS) is 14.0. The van der Waals surface area contributed by atoms with Gasteiger partial charge in [0.25, 0.3) is 11.8 Å². The molecule has 2 amide bonds. The number of carbonyl (C=O) groups excluding carboxylic acids is 2. The van der Waals surface area contributed by atoms with Crippen LogP contribution in [0.3, 0.4) is 0 Å². The van der Waals surface area contributed by atoms with Crippen molar-refractivity contribution in [1.82, 2.24) is 0 Å². The van der Waals surface area contributed by atoms with Crippen molar-refractivity contribution in [2.24, 2.45) is 5.73 Å². The van der Waals surface area contributed by atoms with Gasteiger partial charge in [0.15, 0.2) is 6.10 Å². The summed E-state index contributed by atoms with van der Waals surface area (Å²) in [5.41, 5.74) is 9.32. The van der Waals surface area contributed by atoms with Crippen molar-refractivity contribution >= 4 is 28.2 Å². The summed E-state index contributed by atoms with van der Waals surface area (Å²) in [4.78, 5) is 25.7. The van der Waals surface area contributed by atoms with Gasteiger partial charge in [-0.1, -0.05) is 13.0 Å². The average Bonchev–Trinajstić information content (AvgIpc) is 3.15. The molecule has 138 valence electrons. The maximum atomic E-state index is 12.7. The van der Waals surface area contributed by atoms with Gasteiger partial charge in [-0.25, -0.2) is 0 Å². The van der Waals surface area contributed by atoms with Gasteiger partial charge < -0.3 is 15.8 Å². The van der Waals surface area contributed by atoms with E-state index in [0.29, 0.717) is 22.7 Å². The highest BCUT2D eigenvalue weighted by molar-refractivity contribution is 7.17. The van der Waals surface area contributed by atoms with Crippen molar-refractivity contribution < 1.29 is 14.3 Å². The molecule has 1 heterocycles. The lowest BCUT2D eigenvalue weighted by molar-refractivity contribution is -0.122. The Bertz CT molecular complexity index is 857. The Morgan fingerprint density at radius 1 is 1.27 bits per heavy atom. The number of hydrogen-bond acceptors (Lipinski definition) is 4. The Labute approximate surface area is 157 Å². The highest BCUT2D eigenvalue weighted by Crippen LogP contribution is 2.39. The Kier molecular flexibility index (Phi) is 5.32. The lowest BCUT2D eigenvalue weighted by Crippen LogP contribution is -2.32. The fourth-order valence-electron chi connectivity index (χ4n) is 3.22. The Balaban J connectivity index is 1.78. The van der Waals surface area contributed by atoms with Gasteiger partial charge in [0.05, 0.1) is 5.56 Å². The first-order valence-electron chi connectivity index (χ1n) is 8.89. The molecule has 1 atom stereocenters. The fraction of sp³-hybridized carbons (Fsp3) is 0.400. The number of nitrogens with one attached hydrogen (secondary N) is 1. The van der Waals surface area contributed by atoms with Crippen LogP contribution in [-0.2, 0) is 17.6 Å². The summed E-state index contributed by atoms with van der Waals surface area (Å²) in [6.07, 6.45) is 2.71. The van der Waals surface area contributed by atoms with E-state index < -0.39 is 12.0 Å². The summed E-state index contributed by atoms with van der Waals surface area (Å²) >= 11 is 1.46. The first-order chi connectivity index (χ1) is 12.4. The number of carbonyl (C=O) groups is 2. The topological polar surface area (TPSA) is 81.4 Å². The standard InChI is InChI=1S/C20H24N2O3S/c1-4-15(25-13-9-8-11(2)12(3)10-13)19(24)22-20-17(18(21)23)14-6-5-7-16(14)26-20/h8-10,15H,4-7H2,1-3H3,(H2,21,23)(H,22,24)/t15-/m1/s1. The second-order valence-corrected chi connectivity index (χ2v) is 7.78. The first kappa shape index (κ1) is 18.5. The number of amides is 2. The second kappa shape index (κ2) is 7.50. The molecular formula is C20H24N2O3S. The molecule has 1 aliphatic rings. The van der Waals surface area contributed by atoms with Crippen LogP contribution in [0.4, 0.5) is 5.00 Å². The van der Waals surface area contributed by atoms with E-state index in [1.165, 1.54) is 16.9 Å². The summed E-state index contributed by atoms with van der Waals surface area (Å²) in [5.74, 6) is -0.0742. The molecule has 0 aliphatic heterocycles. The van der Waals surface area contributed by atoms with Crippen LogP contribution in [0, 0.1) is 13.8 Å². The maximum Gasteiger partial charge on any atom is 0.266 e. The van der Waals surface area contributed by atoms with Gasteiger partial charge >= 0.3 is 0 Å². The Hall–Kier alpha value is -2.34. The molecule has 6 heteroatoms. The number of nitrogens with two attached hydrogens (primary N) is 1. The first-order valence-corrected chi connectivity index (χ1v) is 9.71. The number of primary amides is 1. The van der Waals surface area contributed by atoms with E-state index in [2.05, 4.69) is 5.32 Å². The van der Waals surface area contributed by atoms with E-state index in [4.69, 9.17) is 10.5 Å². The summed E-state index contributed by atoms with van der Waals surface area (Å²) in [7, 11) is 0. The third-order valence-corrected chi connectivity index (χ3v) is 6.03. The van der Waals surface area contributed by atoms with Crippen LogP contribution in [0.5, 0.6) is 5.75 Å². The SMILES string of the molecule is CC[C@@H](Oc1ccc(C)c(C)c1)C(=O)Nc1sc2c(c1C(N)=O)CCC2. The van der Waals surface area contributed by atoms with Gasteiger partial charge in [-0.2, -0.15) is 0 Å². The molecule has 0 saturated heterocycles. The smallest absolute Gasteiger partial charge is 0.266 e. The van der Waals surface area contributed by atoms with Crippen LogP contribution in [0.15, 0.2) is 18.2 Å². The van der Waals surface area contributed by atoms with Crippen molar-refractivity contribution in [1.29, 1.82) is 0 Å². The average molecular weight is 372 g/mol. The molecule has 26 heavy (non-hydrogen) atoms. The Morgan fingerprint density at radius 3 is 2.69 bits per heavy atom. The molecule has 3 N–H and O–H groups in total. The molecule has 2 aromatic rings. The van der Waals surface area contributed by atoms with Gasteiger partial charge in [-0.3, -0.25) is 9.59 Å². The molecule has 1 aromatic heterocycles. The molecule has 1 aromatic carbocycles. The molecule has 0 unspecified atom stereocenters. The quantitative estimate of drug-likeness (QED) is 0.810. The van der Waals surface area contributed by atoms with Gasteiger partial charge in [-0.15, -0.1) is 11.3 Å². The van der Waals surface area contributed by atoms with Crippen molar-refractivity contribution in [3.05, 3.63) is 45.3 Å². The fourth-order valence-corrected chi connectivity index (χ4v) is 4.52. The van der Waals surface area contributed by atoms with Crippen molar-refractivity contribution in [3.63, 3.8) is 0 Å². The van der Waals surface area contributed by atoms with E-state index in [0.717, 1.165) is 35.3 Å². The zero-order valence-corrected chi connectivity index (χ0v) is 16.2. The number of hydrogen-bond donors (Lipinski definition) is 2. The van der Waals surface area contributed by atoms with Crippen molar-refractivity contribution in [3.8, 4) is 5.75 Å². The summed E-state index contributed by atoms with van der Waals surface area (Å²) in [6.45, 7) is 5.94.